The Kier molecular flexibility index (Phi) is 6.55. The summed E-state index contributed by atoms with van der Waals surface area (Å²) in [5.41, 5.74) is 1.96. The van der Waals surface area contributed by atoms with Crippen LogP contribution >= 0.6 is 0 Å². The lowest BCUT2D eigenvalue weighted by Gasteiger charge is -2.28. The van der Waals surface area contributed by atoms with Crippen LogP contribution in [0, 0.1) is 6.92 Å². The number of amides is 2. The van der Waals surface area contributed by atoms with Gasteiger partial charge in [-0.25, -0.2) is 0 Å². The molecule has 2 amide bonds. The zero-order chi connectivity index (χ0) is 16.7. The first kappa shape index (κ1) is 17.4. The number of nitrogens with one attached hydrogen (secondary N) is 2. The Balaban J connectivity index is 1.69. The molecule has 0 bridgehead atoms. The molecule has 6 nitrogen and oxygen atoms in total. The van der Waals surface area contributed by atoms with Crippen molar-refractivity contribution in [3.63, 3.8) is 0 Å². The second kappa shape index (κ2) is 8.64. The summed E-state index contributed by atoms with van der Waals surface area (Å²) in [6.45, 7) is 6.15. The molecule has 126 valence electrons. The molecular weight excluding hydrogens is 292 g/mol. The molecule has 0 atom stereocenters. The number of nitrogens with zero attached hydrogens (tertiary/aromatic N) is 2. The lowest BCUT2D eigenvalue weighted by molar-refractivity contribution is -0.132. The van der Waals surface area contributed by atoms with E-state index in [1.165, 1.54) is 0 Å². The molecule has 1 aliphatic heterocycles. The number of carbonyl (C=O) groups excluding carboxylic acids is 2. The summed E-state index contributed by atoms with van der Waals surface area (Å²) in [6.07, 6.45) is 0.453. The third-order valence-corrected chi connectivity index (χ3v) is 3.93. The van der Waals surface area contributed by atoms with Crippen LogP contribution < -0.4 is 10.6 Å². The number of aryl methyl sites for hydroxylation is 1. The van der Waals surface area contributed by atoms with Crippen molar-refractivity contribution in [2.24, 2.45) is 0 Å². The Bertz CT molecular complexity index is 524. The monoisotopic (exact) mass is 318 g/mol. The highest BCUT2D eigenvalue weighted by atomic mass is 16.2. The molecule has 1 aliphatic rings. The Morgan fingerprint density at radius 3 is 2.52 bits per heavy atom. The van der Waals surface area contributed by atoms with E-state index in [1.54, 1.807) is 0 Å². The molecule has 6 heteroatoms. The van der Waals surface area contributed by atoms with E-state index in [1.807, 2.05) is 48.0 Å². The first-order valence-electron chi connectivity index (χ1n) is 8.08. The zero-order valence-electron chi connectivity index (χ0n) is 14.0. The molecule has 1 saturated heterocycles. The smallest absolute Gasteiger partial charge is 0.238 e. The lowest BCUT2D eigenvalue weighted by Crippen LogP contribution is -2.47. The van der Waals surface area contributed by atoms with Gasteiger partial charge in [0.15, 0.2) is 0 Å². The van der Waals surface area contributed by atoms with Crippen LogP contribution in [-0.2, 0) is 9.59 Å². The number of rotatable bonds is 6. The number of hydrogen-bond acceptors (Lipinski definition) is 4. The molecule has 2 N–H and O–H groups in total. The van der Waals surface area contributed by atoms with Crippen LogP contribution in [-0.4, -0.2) is 67.9 Å². The van der Waals surface area contributed by atoms with Crippen LogP contribution in [0.3, 0.4) is 0 Å². The van der Waals surface area contributed by atoms with Crippen molar-refractivity contribution in [2.45, 2.75) is 13.3 Å². The highest BCUT2D eigenvalue weighted by molar-refractivity contribution is 5.92. The van der Waals surface area contributed by atoms with Gasteiger partial charge in [-0.2, -0.15) is 0 Å². The van der Waals surface area contributed by atoms with Crippen molar-refractivity contribution in [1.82, 2.24) is 15.1 Å². The summed E-state index contributed by atoms with van der Waals surface area (Å²) < 4.78 is 0. The van der Waals surface area contributed by atoms with Crippen LogP contribution in [0.15, 0.2) is 24.3 Å². The van der Waals surface area contributed by atoms with Gasteiger partial charge in [0, 0.05) is 44.8 Å². The molecule has 0 spiro atoms. The standard InChI is InChI=1S/C17H26N4O2/c1-14-3-5-15(6-4-14)19-16(22)13-20(2)10-7-17(23)21-11-8-18-9-12-21/h3-6,18H,7-13H2,1-2H3,(H,19,22). The molecule has 1 fully saturated rings. The number of benzene rings is 1. The quantitative estimate of drug-likeness (QED) is 0.810. The Morgan fingerprint density at radius 1 is 1.22 bits per heavy atom. The van der Waals surface area contributed by atoms with Crippen molar-refractivity contribution < 1.29 is 9.59 Å². The van der Waals surface area contributed by atoms with E-state index in [0.717, 1.165) is 37.4 Å². The van der Waals surface area contributed by atoms with E-state index in [-0.39, 0.29) is 18.4 Å². The number of anilines is 1. The minimum Gasteiger partial charge on any atom is -0.340 e. The molecule has 0 saturated carbocycles. The maximum absolute atomic E-state index is 12.1. The minimum absolute atomic E-state index is 0.0639. The third-order valence-electron chi connectivity index (χ3n) is 3.93. The number of carbonyl (C=O) groups is 2. The van der Waals surface area contributed by atoms with Crippen LogP contribution in [0.4, 0.5) is 5.69 Å². The first-order chi connectivity index (χ1) is 11.0. The van der Waals surface area contributed by atoms with Crippen LogP contribution in [0.25, 0.3) is 0 Å². The van der Waals surface area contributed by atoms with E-state index in [0.29, 0.717) is 13.0 Å². The highest BCUT2D eigenvalue weighted by Gasteiger charge is 2.16. The van der Waals surface area contributed by atoms with E-state index >= 15 is 0 Å². The summed E-state index contributed by atoms with van der Waals surface area (Å²) in [5.74, 6) is 0.100. The summed E-state index contributed by atoms with van der Waals surface area (Å²) in [6, 6.07) is 7.71. The number of piperazine rings is 1. The van der Waals surface area contributed by atoms with Gasteiger partial charge in [-0.05, 0) is 26.1 Å². The van der Waals surface area contributed by atoms with Gasteiger partial charge >= 0.3 is 0 Å². The molecular formula is C17H26N4O2. The van der Waals surface area contributed by atoms with Gasteiger partial charge in [0.25, 0.3) is 0 Å². The second-order valence-electron chi connectivity index (χ2n) is 6.03. The maximum atomic E-state index is 12.1. The van der Waals surface area contributed by atoms with Crippen molar-refractivity contribution in [1.29, 1.82) is 0 Å². The van der Waals surface area contributed by atoms with Crippen molar-refractivity contribution in [3.05, 3.63) is 29.8 Å². The van der Waals surface area contributed by atoms with Gasteiger partial charge in [-0.1, -0.05) is 17.7 Å². The van der Waals surface area contributed by atoms with Gasteiger partial charge in [-0.15, -0.1) is 0 Å². The van der Waals surface area contributed by atoms with E-state index < -0.39 is 0 Å². The summed E-state index contributed by atoms with van der Waals surface area (Å²) >= 11 is 0. The van der Waals surface area contributed by atoms with E-state index in [9.17, 15) is 9.59 Å². The van der Waals surface area contributed by atoms with Crippen LogP contribution in [0.5, 0.6) is 0 Å². The fourth-order valence-electron chi connectivity index (χ4n) is 2.52. The fraction of sp³-hybridized carbons (Fsp3) is 0.529. The average Bonchev–Trinajstić information content (AvgIpc) is 2.55. The molecule has 1 aromatic carbocycles. The van der Waals surface area contributed by atoms with Crippen molar-refractivity contribution >= 4 is 17.5 Å². The summed E-state index contributed by atoms with van der Waals surface area (Å²) in [5, 5.41) is 6.10. The molecule has 23 heavy (non-hydrogen) atoms. The van der Waals surface area contributed by atoms with Crippen LogP contribution in [0.2, 0.25) is 0 Å². The number of likely N-dealkylation sites (N-methyl/N-ethyl adjacent to an activating group) is 1. The topological polar surface area (TPSA) is 64.7 Å². The summed E-state index contributed by atoms with van der Waals surface area (Å²) in [4.78, 5) is 27.8. The van der Waals surface area contributed by atoms with Crippen molar-refractivity contribution in [3.8, 4) is 0 Å². The van der Waals surface area contributed by atoms with Gasteiger partial charge in [0.1, 0.15) is 0 Å². The van der Waals surface area contributed by atoms with Gasteiger partial charge < -0.3 is 15.5 Å². The number of hydrogen-bond donors (Lipinski definition) is 2. The third kappa shape index (κ3) is 6.00. The second-order valence-corrected chi connectivity index (χ2v) is 6.03. The molecule has 0 unspecified atom stereocenters. The molecule has 1 aromatic rings. The Hall–Kier alpha value is -1.92. The van der Waals surface area contributed by atoms with Gasteiger partial charge in [-0.3, -0.25) is 14.5 Å². The highest BCUT2D eigenvalue weighted by Crippen LogP contribution is 2.08. The molecule has 2 rings (SSSR count). The molecule has 0 aromatic heterocycles. The Morgan fingerprint density at radius 2 is 1.87 bits per heavy atom. The SMILES string of the molecule is Cc1ccc(NC(=O)CN(C)CCC(=O)N2CCNCC2)cc1. The van der Waals surface area contributed by atoms with Crippen molar-refractivity contribution in [2.75, 3.05) is 51.6 Å². The first-order valence-corrected chi connectivity index (χ1v) is 8.08. The molecule has 1 heterocycles. The normalized spacial score (nSPS) is 14.8. The van der Waals surface area contributed by atoms with E-state index in [4.69, 9.17) is 0 Å². The average molecular weight is 318 g/mol. The van der Waals surface area contributed by atoms with Crippen LogP contribution in [0.1, 0.15) is 12.0 Å². The van der Waals surface area contributed by atoms with Gasteiger partial charge in [0.2, 0.25) is 11.8 Å². The molecule has 0 radical (unpaired) electrons. The lowest BCUT2D eigenvalue weighted by atomic mass is 10.2. The maximum Gasteiger partial charge on any atom is 0.238 e. The van der Waals surface area contributed by atoms with E-state index in [2.05, 4.69) is 10.6 Å². The Labute approximate surface area is 137 Å². The molecule has 0 aliphatic carbocycles. The largest absolute Gasteiger partial charge is 0.340 e. The predicted molar refractivity (Wildman–Crippen MR) is 91.4 cm³/mol. The van der Waals surface area contributed by atoms with Gasteiger partial charge in [0.05, 0.1) is 6.54 Å². The summed E-state index contributed by atoms with van der Waals surface area (Å²) in [7, 11) is 1.86. The zero-order valence-corrected chi connectivity index (χ0v) is 14.0. The predicted octanol–water partition coefficient (Wildman–Crippen LogP) is 0.687. The minimum atomic E-state index is -0.0639. The fourth-order valence-corrected chi connectivity index (χ4v) is 2.52.